The van der Waals surface area contributed by atoms with Crippen LogP contribution in [0.3, 0.4) is 0 Å². The normalized spacial score (nSPS) is 11.7. The molecule has 3 rings (SSSR count). The fraction of sp³-hybridized carbons (Fsp3) is 0.222. The van der Waals surface area contributed by atoms with Gasteiger partial charge in [0, 0.05) is 20.6 Å². The number of rotatable bonds is 5. The summed E-state index contributed by atoms with van der Waals surface area (Å²) in [6, 6.07) is 10.4. The van der Waals surface area contributed by atoms with Gasteiger partial charge in [0.15, 0.2) is 0 Å². The topological polar surface area (TPSA) is 102 Å². The maximum Gasteiger partial charge on any atom is 0.337 e. The van der Waals surface area contributed by atoms with Crippen LogP contribution in [0.4, 0.5) is 5.69 Å². The van der Waals surface area contributed by atoms with Crippen molar-refractivity contribution >= 4 is 32.7 Å². The van der Waals surface area contributed by atoms with Gasteiger partial charge in [-0.05, 0) is 37.3 Å². The molecule has 0 aliphatic heterocycles. The molecule has 0 unspecified atom stereocenters. The Kier molecular flexibility index (Phi) is 4.56. The van der Waals surface area contributed by atoms with E-state index in [1.807, 2.05) is 0 Å². The van der Waals surface area contributed by atoms with Crippen molar-refractivity contribution in [1.82, 2.24) is 9.13 Å². The average Bonchev–Trinajstić information content (AvgIpc) is 2.86. The van der Waals surface area contributed by atoms with Crippen molar-refractivity contribution < 1.29 is 18.3 Å². The number of aromatic nitrogens is 2. The smallest absolute Gasteiger partial charge is 0.337 e. The molecule has 0 bridgehead atoms. The van der Waals surface area contributed by atoms with E-state index in [-0.39, 0.29) is 28.4 Å². The lowest BCUT2D eigenvalue weighted by atomic mass is 10.2. The van der Waals surface area contributed by atoms with E-state index in [4.69, 9.17) is 0 Å². The van der Waals surface area contributed by atoms with Crippen molar-refractivity contribution in [3.05, 3.63) is 58.5 Å². The molecule has 0 aliphatic rings. The molecule has 0 amide bonds. The number of hydrogen-bond acceptors (Lipinski definition) is 4. The lowest BCUT2D eigenvalue weighted by Crippen LogP contribution is -2.32. The first-order chi connectivity index (χ1) is 12.7. The van der Waals surface area contributed by atoms with Crippen LogP contribution < -0.4 is 9.99 Å². The molecule has 2 aromatic carbocycles. The zero-order valence-corrected chi connectivity index (χ0v) is 15.9. The highest BCUT2D eigenvalue weighted by Crippen LogP contribution is 2.28. The summed E-state index contributed by atoms with van der Waals surface area (Å²) in [5.41, 5.74) is 0.815. The second-order valence-electron chi connectivity index (χ2n) is 6.04. The van der Waals surface area contributed by atoms with Crippen LogP contribution in [0.2, 0.25) is 0 Å². The van der Waals surface area contributed by atoms with Gasteiger partial charge in [-0.2, -0.15) is 0 Å². The van der Waals surface area contributed by atoms with E-state index < -0.39 is 16.0 Å². The monoisotopic (exact) mass is 389 g/mol. The van der Waals surface area contributed by atoms with E-state index in [2.05, 4.69) is 0 Å². The van der Waals surface area contributed by atoms with Crippen LogP contribution in [0.5, 0.6) is 0 Å². The molecule has 0 radical (unpaired) electrons. The Balaban J connectivity index is 2.21. The van der Waals surface area contributed by atoms with Gasteiger partial charge in [0.05, 0.1) is 27.2 Å². The maximum atomic E-state index is 13.2. The van der Waals surface area contributed by atoms with Crippen LogP contribution in [0.25, 0.3) is 11.0 Å². The van der Waals surface area contributed by atoms with Gasteiger partial charge in [0.2, 0.25) is 0 Å². The Bertz CT molecular complexity index is 1210. The summed E-state index contributed by atoms with van der Waals surface area (Å²) in [6.07, 6.45) is 0. The SMILES string of the molecule is CCN(c1ccccc1C(=O)O)S(=O)(=O)c1ccc2c(c1)n(C)c(=O)n2C. The second kappa shape index (κ2) is 6.58. The Morgan fingerprint density at radius 2 is 1.70 bits per heavy atom. The van der Waals surface area contributed by atoms with Gasteiger partial charge in [-0.15, -0.1) is 0 Å². The number of fused-ring (bicyclic) bond motifs is 1. The van der Waals surface area contributed by atoms with E-state index in [1.165, 1.54) is 33.4 Å². The van der Waals surface area contributed by atoms with Crippen LogP contribution in [0, 0.1) is 0 Å². The summed E-state index contributed by atoms with van der Waals surface area (Å²) in [7, 11) is -0.847. The molecular formula is C18H19N3O5S. The summed E-state index contributed by atoms with van der Waals surface area (Å²) in [4.78, 5) is 23.6. The third-order valence-corrected chi connectivity index (χ3v) is 6.41. The lowest BCUT2D eigenvalue weighted by Gasteiger charge is -2.24. The zero-order valence-electron chi connectivity index (χ0n) is 15.1. The molecule has 0 aliphatic carbocycles. The van der Waals surface area contributed by atoms with Gasteiger partial charge < -0.3 is 5.11 Å². The molecule has 0 spiro atoms. The third-order valence-electron chi connectivity index (χ3n) is 4.52. The Morgan fingerprint density at radius 3 is 2.33 bits per heavy atom. The third kappa shape index (κ3) is 2.89. The molecule has 0 saturated carbocycles. The van der Waals surface area contributed by atoms with Gasteiger partial charge in [-0.3, -0.25) is 13.4 Å². The first-order valence-corrected chi connectivity index (χ1v) is 9.64. The van der Waals surface area contributed by atoms with Crippen LogP contribution in [0.1, 0.15) is 17.3 Å². The summed E-state index contributed by atoms with van der Waals surface area (Å²) in [5.74, 6) is -1.21. The molecule has 27 heavy (non-hydrogen) atoms. The number of sulfonamides is 1. The van der Waals surface area contributed by atoms with Gasteiger partial charge in [0.25, 0.3) is 10.0 Å². The Hall–Kier alpha value is -3.07. The van der Waals surface area contributed by atoms with E-state index in [1.54, 1.807) is 39.2 Å². The minimum absolute atomic E-state index is 0.0155. The van der Waals surface area contributed by atoms with Crippen LogP contribution in [-0.4, -0.2) is 35.2 Å². The summed E-state index contributed by atoms with van der Waals surface area (Å²) < 4.78 is 30.3. The predicted octanol–water partition coefficient (Wildman–Crippen LogP) is 1.79. The molecule has 0 saturated heterocycles. The highest BCUT2D eigenvalue weighted by atomic mass is 32.2. The van der Waals surface area contributed by atoms with Crippen LogP contribution in [0.15, 0.2) is 52.2 Å². The van der Waals surface area contributed by atoms with Crippen molar-refractivity contribution in [2.24, 2.45) is 14.1 Å². The molecular weight excluding hydrogens is 370 g/mol. The molecule has 1 N–H and O–H groups in total. The molecule has 0 atom stereocenters. The number of aryl methyl sites for hydroxylation is 2. The molecule has 1 aromatic heterocycles. The number of para-hydroxylation sites is 1. The van der Waals surface area contributed by atoms with Crippen molar-refractivity contribution in [2.45, 2.75) is 11.8 Å². The van der Waals surface area contributed by atoms with Gasteiger partial charge in [0.1, 0.15) is 0 Å². The number of anilines is 1. The largest absolute Gasteiger partial charge is 0.478 e. The molecule has 9 heteroatoms. The molecule has 1 heterocycles. The van der Waals surface area contributed by atoms with E-state index in [0.717, 1.165) is 4.31 Å². The fourth-order valence-corrected chi connectivity index (χ4v) is 4.63. The van der Waals surface area contributed by atoms with Crippen molar-refractivity contribution in [1.29, 1.82) is 0 Å². The standard InChI is InChI=1S/C18H19N3O5S/c1-4-21(14-8-6-5-7-13(14)17(22)23)27(25,26)12-9-10-15-16(11-12)20(3)18(24)19(15)2/h5-11H,4H2,1-3H3,(H,22,23). The highest BCUT2D eigenvalue weighted by Gasteiger charge is 2.27. The van der Waals surface area contributed by atoms with Crippen molar-refractivity contribution in [2.75, 3.05) is 10.8 Å². The number of aromatic carboxylic acids is 1. The van der Waals surface area contributed by atoms with Gasteiger partial charge in [-0.1, -0.05) is 12.1 Å². The molecule has 8 nitrogen and oxygen atoms in total. The Morgan fingerprint density at radius 1 is 1.07 bits per heavy atom. The fourth-order valence-electron chi connectivity index (χ4n) is 3.12. The molecule has 3 aromatic rings. The quantitative estimate of drug-likeness (QED) is 0.717. The lowest BCUT2D eigenvalue weighted by molar-refractivity contribution is 0.0698. The van der Waals surface area contributed by atoms with E-state index in [9.17, 15) is 23.1 Å². The van der Waals surface area contributed by atoms with Gasteiger partial charge in [-0.25, -0.2) is 18.0 Å². The predicted molar refractivity (Wildman–Crippen MR) is 102 cm³/mol. The number of carboxylic acid groups (broad SMARTS) is 1. The maximum absolute atomic E-state index is 13.2. The minimum Gasteiger partial charge on any atom is -0.478 e. The minimum atomic E-state index is -4.03. The van der Waals surface area contributed by atoms with Crippen LogP contribution in [-0.2, 0) is 24.1 Å². The summed E-state index contributed by atoms with van der Waals surface area (Å²) >= 11 is 0. The summed E-state index contributed by atoms with van der Waals surface area (Å²) in [6.45, 7) is 1.69. The van der Waals surface area contributed by atoms with Crippen molar-refractivity contribution in [3.8, 4) is 0 Å². The Labute approximate surface area is 155 Å². The van der Waals surface area contributed by atoms with E-state index in [0.29, 0.717) is 11.0 Å². The number of benzene rings is 2. The number of hydrogen-bond donors (Lipinski definition) is 1. The molecule has 142 valence electrons. The average molecular weight is 389 g/mol. The van der Waals surface area contributed by atoms with E-state index >= 15 is 0 Å². The van der Waals surface area contributed by atoms with Crippen molar-refractivity contribution in [3.63, 3.8) is 0 Å². The number of carbonyl (C=O) groups is 1. The molecule has 0 fully saturated rings. The number of nitrogens with zero attached hydrogens (tertiary/aromatic N) is 3. The second-order valence-corrected chi connectivity index (χ2v) is 7.91. The first kappa shape index (κ1) is 18.7. The number of carboxylic acids is 1. The first-order valence-electron chi connectivity index (χ1n) is 8.20. The van der Waals surface area contributed by atoms with Gasteiger partial charge >= 0.3 is 11.7 Å². The zero-order chi connectivity index (χ0) is 19.9. The highest BCUT2D eigenvalue weighted by molar-refractivity contribution is 7.92. The van der Waals surface area contributed by atoms with Crippen LogP contribution >= 0.6 is 0 Å². The number of imidazole rings is 1. The summed E-state index contributed by atoms with van der Waals surface area (Å²) in [5, 5.41) is 9.40.